The molecule has 3 aromatic heterocycles. The molecule has 0 spiro atoms. The van der Waals surface area contributed by atoms with Crippen molar-refractivity contribution in [2.24, 2.45) is 0 Å². The number of aryl methyl sites for hydroxylation is 1. The number of fused-ring (bicyclic) bond motifs is 1. The Kier molecular flexibility index (Phi) is 5.67. The average molecular weight is 396 g/mol. The lowest BCUT2D eigenvalue weighted by atomic mass is 10.0. The summed E-state index contributed by atoms with van der Waals surface area (Å²) in [5, 5.41) is 7.81. The van der Waals surface area contributed by atoms with Crippen LogP contribution in [0.15, 0.2) is 33.4 Å². The molecule has 1 fully saturated rings. The zero-order valence-electron chi connectivity index (χ0n) is 17.3. The van der Waals surface area contributed by atoms with Crippen molar-refractivity contribution in [3.63, 3.8) is 0 Å². The molecule has 0 aromatic carbocycles. The topological polar surface area (TPSA) is 84.4 Å². The molecule has 7 heteroatoms. The first-order valence-electron chi connectivity index (χ1n) is 10.4. The van der Waals surface area contributed by atoms with Gasteiger partial charge in [0.05, 0.1) is 28.9 Å². The number of hydrogen-bond acceptors (Lipinski definition) is 6. The van der Waals surface area contributed by atoms with Crippen LogP contribution in [0.5, 0.6) is 0 Å². The molecule has 3 aromatic rings. The quantitative estimate of drug-likeness (QED) is 0.672. The first-order chi connectivity index (χ1) is 14.0. The van der Waals surface area contributed by atoms with Crippen molar-refractivity contribution in [3.8, 4) is 0 Å². The van der Waals surface area contributed by atoms with E-state index in [2.05, 4.69) is 20.4 Å². The molecule has 1 saturated heterocycles. The number of carbonyl (C=O) groups excluding carboxylic acids is 1. The van der Waals surface area contributed by atoms with E-state index in [4.69, 9.17) is 8.94 Å². The number of piperidine rings is 1. The van der Waals surface area contributed by atoms with Gasteiger partial charge < -0.3 is 14.3 Å². The summed E-state index contributed by atoms with van der Waals surface area (Å²) in [4.78, 5) is 20.1. The zero-order valence-corrected chi connectivity index (χ0v) is 17.3. The number of rotatable bonds is 6. The van der Waals surface area contributed by atoms with Gasteiger partial charge in [0.15, 0.2) is 0 Å². The van der Waals surface area contributed by atoms with Crippen molar-refractivity contribution in [1.29, 1.82) is 0 Å². The van der Waals surface area contributed by atoms with Crippen LogP contribution < -0.4 is 5.32 Å². The highest BCUT2D eigenvalue weighted by Gasteiger charge is 2.26. The summed E-state index contributed by atoms with van der Waals surface area (Å²) in [7, 11) is 0. The van der Waals surface area contributed by atoms with Crippen molar-refractivity contribution in [1.82, 2.24) is 20.4 Å². The number of amides is 1. The Hall–Kier alpha value is -2.67. The van der Waals surface area contributed by atoms with Gasteiger partial charge in [-0.3, -0.25) is 9.69 Å². The number of pyridine rings is 1. The minimum atomic E-state index is -0.140. The molecule has 1 atom stereocenters. The third kappa shape index (κ3) is 4.05. The summed E-state index contributed by atoms with van der Waals surface area (Å²) < 4.78 is 11.0. The standard InChI is InChI=1S/C22H28N4O3/c1-14(2)17-12-16(20-15(3)25-29-22(20)24-17)21(27)23-13-18(19-8-7-11-28-19)26-9-5-4-6-10-26/h7-8,11-12,14,18H,4-6,9-10,13H2,1-3H3,(H,23,27). The summed E-state index contributed by atoms with van der Waals surface area (Å²) in [6.45, 7) is 8.44. The summed E-state index contributed by atoms with van der Waals surface area (Å²) >= 11 is 0. The highest BCUT2D eigenvalue weighted by atomic mass is 16.5. The molecule has 1 unspecified atom stereocenters. The van der Waals surface area contributed by atoms with Crippen LogP contribution >= 0.6 is 0 Å². The van der Waals surface area contributed by atoms with Crippen LogP contribution in [-0.4, -0.2) is 40.6 Å². The second-order valence-electron chi connectivity index (χ2n) is 8.04. The third-order valence-corrected chi connectivity index (χ3v) is 5.63. The Labute approximate surface area is 170 Å². The van der Waals surface area contributed by atoms with Gasteiger partial charge in [-0.25, -0.2) is 4.98 Å². The van der Waals surface area contributed by atoms with Gasteiger partial charge in [-0.1, -0.05) is 25.4 Å². The lowest BCUT2D eigenvalue weighted by Gasteiger charge is -2.33. The van der Waals surface area contributed by atoms with E-state index in [0.717, 1.165) is 24.5 Å². The van der Waals surface area contributed by atoms with Gasteiger partial charge in [-0.2, -0.15) is 0 Å². The number of aromatic nitrogens is 2. The molecule has 0 bridgehead atoms. The lowest BCUT2D eigenvalue weighted by Crippen LogP contribution is -2.40. The highest BCUT2D eigenvalue weighted by molar-refractivity contribution is 6.06. The Bertz CT molecular complexity index is 972. The van der Waals surface area contributed by atoms with Crippen molar-refractivity contribution in [3.05, 3.63) is 47.2 Å². The zero-order chi connectivity index (χ0) is 20.4. The molecule has 1 N–H and O–H groups in total. The molecule has 0 radical (unpaired) electrons. The van der Waals surface area contributed by atoms with E-state index < -0.39 is 0 Å². The maximum atomic E-state index is 13.2. The largest absolute Gasteiger partial charge is 0.468 e. The lowest BCUT2D eigenvalue weighted by molar-refractivity contribution is 0.0915. The molecule has 29 heavy (non-hydrogen) atoms. The van der Waals surface area contributed by atoms with Crippen LogP contribution in [0.3, 0.4) is 0 Å². The second-order valence-corrected chi connectivity index (χ2v) is 8.04. The summed E-state index contributed by atoms with van der Waals surface area (Å²) in [5.74, 6) is 0.927. The Morgan fingerprint density at radius 3 is 2.76 bits per heavy atom. The van der Waals surface area contributed by atoms with Crippen LogP contribution in [0, 0.1) is 6.92 Å². The van der Waals surface area contributed by atoms with Gasteiger partial charge in [0.2, 0.25) is 0 Å². The Morgan fingerprint density at radius 1 is 1.28 bits per heavy atom. The molecule has 4 heterocycles. The predicted molar refractivity (Wildman–Crippen MR) is 110 cm³/mol. The summed E-state index contributed by atoms with van der Waals surface area (Å²) in [5.41, 5.74) is 2.47. The van der Waals surface area contributed by atoms with Gasteiger partial charge in [0, 0.05) is 12.2 Å². The molecule has 154 valence electrons. The van der Waals surface area contributed by atoms with Gasteiger partial charge in [-0.05, 0) is 57.0 Å². The summed E-state index contributed by atoms with van der Waals surface area (Å²) in [6.07, 6.45) is 5.30. The smallest absolute Gasteiger partial charge is 0.259 e. The van der Waals surface area contributed by atoms with E-state index in [1.165, 1.54) is 19.3 Å². The van der Waals surface area contributed by atoms with Gasteiger partial charge >= 0.3 is 0 Å². The normalized spacial score (nSPS) is 16.4. The van der Waals surface area contributed by atoms with Gasteiger partial charge in [0.1, 0.15) is 5.76 Å². The van der Waals surface area contributed by atoms with Crippen LogP contribution in [0.25, 0.3) is 11.1 Å². The predicted octanol–water partition coefficient (Wildman–Crippen LogP) is 4.20. The first kappa shape index (κ1) is 19.6. The van der Waals surface area contributed by atoms with Crippen molar-refractivity contribution in [2.75, 3.05) is 19.6 Å². The second kappa shape index (κ2) is 8.37. The molecule has 0 saturated carbocycles. The van der Waals surface area contributed by atoms with Crippen molar-refractivity contribution >= 4 is 17.0 Å². The molecule has 1 aliphatic heterocycles. The van der Waals surface area contributed by atoms with Crippen LogP contribution in [0.2, 0.25) is 0 Å². The molecule has 1 aliphatic rings. The maximum Gasteiger partial charge on any atom is 0.259 e. The van der Waals surface area contributed by atoms with Crippen LogP contribution in [-0.2, 0) is 0 Å². The molecule has 4 rings (SSSR count). The molecule has 0 aliphatic carbocycles. The number of nitrogens with zero attached hydrogens (tertiary/aromatic N) is 3. The minimum Gasteiger partial charge on any atom is -0.468 e. The van der Waals surface area contributed by atoms with Gasteiger partial charge in [0.25, 0.3) is 11.6 Å². The van der Waals surface area contributed by atoms with E-state index in [1.807, 2.05) is 39.0 Å². The molecular weight excluding hydrogens is 368 g/mol. The van der Waals surface area contributed by atoms with Crippen LogP contribution in [0.1, 0.15) is 72.6 Å². The van der Waals surface area contributed by atoms with Crippen molar-refractivity contribution in [2.45, 2.75) is 52.0 Å². The fourth-order valence-electron chi connectivity index (χ4n) is 3.99. The van der Waals surface area contributed by atoms with Crippen molar-refractivity contribution < 1.29 is 13.7 Å². The maximum absolute atomic E-state index is 13.2. The Balaban J connectivity index is 1.59. The number of hydrogen-bond donors (Lipinski definition) is 1. The number of likely N-dealkylation sites (tertiary alicyclic amines) is 1. The Morgan fingerprint density at radius 2 is 2.07 bits per heavy atom. The molecule has 1 amide bonds. The number of nitrogens with one attached hydrogen (secondary N) is 1. The number of furan rings is 1. The fourth-order valence-corrected chi connectivity index (χ4v) is 3.99. The first-order valence-corrected chi connectivity index (χ1v) is 10.4. The fraction of sp³-hybridized carbons (Fsp3) is 0.500. The van der Waals surface area contributed by atoms with Gasteiger partial charge in [-0.15, -0.1) is 0 Å². The highest BCUT2D eigenvalue weighted by Crippen LogP contribution is 2.27. The minimum absolute atomic E-state index is 0.0275. The number of carbonyl (C=O) groups is 1. The molecular formula is C22H28N4O3. The van der Waals surface area contributed by atoms with E-state index in [0.29, 0.717) is 28.9 Å². The van der Waals surface area contributed by atoms with E-state index in [9.17, 15) is 4.79 Å². The average Bonchev–Trinajstić information content (AvgIpc) is 3.38. The summed E-state index contributed by atoms with van der Waals surface area (Å²) in [6, 6.07) is 5.77. The molecule has 7 nitrogen and oxygen atoms in total. The SMILES string of the molecule is Cc1noc2nc(C(C)C)cc(C(=O)NCC(c3ccco3)N3CCCCC3)c12. The monoisotopic (exact) mass is 396 g/mol. The van der Waals surface area contributed by atoms with E-state index >= 15 is 0 Å². The van der Waals surface area contributed by atoms with E-state index in [1.54, 1.807) is 6.26 Å². The van der Waals surface area contributed by atoms with Crippen LogP contribution in [0.4, 0.5) is 0 Å². The van der Waals surface area contributed by atoms with E-state index in [-0.39, 0.29) is 17.9 Å². The third-order valence-electron chi connectivity index (χ3n) is 5.63.